The lowest BCUT2D eigenvalue weighted by atomic mass is 10.1. The van der Waals surface area contributed by atoms with E-state index in [2.05, 4.69) is 10.3 Å². The van der Waals surface area contributed by atoms with Crippen LogP contribution in [-0.2, 0) is 6.42 Å². The molecule has 2 aromatic rings. The Morgan fingerprint density at radius 3 is 2.68 bits per heavy atom. The molecule has 7 nitrogen and oxygen atoms in total. The number of guanidine groups is 1. The van der Waals surface area contributed by atoms with Crippen LogP contribution < -0.4 is 15.8 Å². The molecule has 0 fully saturated rings. The second kappa shape index (κ2) is 9.27. The number of nitro benzene ring substituents is 1. The van der Waals surface area contributed by atoms with Crippen molar-refractivity contribution in [3.63, 3.8) is 0 Å². The first-order chi connectivity index (χ1) is 12.1. The van der Waals surface area contributed by atoms with Gasteiger partial charge >= 0.3 is 0 Å². The van der Waals surface area contributed by atoms with Crippen molar-refractivity contribution in [2.45, 2.75) is 19.3 Å². The number of hydrogen-bond donors (Lipinski definition) is 2. The largest absolute Gasteiger partial charge is 0.497 e. The number of aryl methyl sites for hydroxylation is 1. The molecule has 0 aliphatic rings. The van der Waals surface area contributed by atoms with Crippen molar-refractivity contribution in [2.75, 3.05) is 19.0 Å². The molecular formula is C18H22N4O3. The van der Waals surface area contributed by atoms with Crippen molar-refractivity contribution in [3.8, 4) is 5.75 Å². The number of nitro groups is 1. The van der Waals surface area contributed by atoms with Crippen LogP contribution in [0, 0.1) is 10.1 Å². The van der Waals surface area contributed by atoms with Crippen molar-refractivity contribution >= 4 is 17.3 Å². The number of anilines is 1. The fraction of sp³-hybridized carbons (Fsp3) is 0.278. The zero-order chi connectivity index (χ0) is 18.1. The number of unbranched alkanes of at least 4 members (excludes halogenated alkanes) is 1. The SMILES string of the molecule is COc1cccc(NC(N)=NCCCCc2ccc([N+](=O)[O-])cc2)c1. The molecule has 0 amide bonds. The van der Waals surface area contributed by atoms with Crippen molar-refractivity contribution < 1.29 is 9.66 Å². The Bertz CT molecular complexity index is 729. The average Bonchev–Trinajstić information content (AvgIpc) is 2.62. The number of nitrogens with one attached hydrogen (secondary N) is 1. The average molecular weight is 342 g/mol. The first kappa shape index (κ1) is 18.3. The molecule has 25 heavy (non-hydrogen) atoms. The molecule has 0 atom stereocenters. The molecule has 132 valence electrons. The fourth-order valence-corrected chi connectivity index (χ4v) is 2.31. The topological polar surface area (TPSA) is 103 Å². The summed E-state index contributed by atoms with van der Waals surface area (Å²) in [6.07, 6.45) is 2.68. The van der Waals surface area contributed by atoms with Crippen LogP contribution in [0.25, 0.3) is 0 Å². The quantitative estimate of drug-likeness (QED) is 0.252. The maximum absolute atomic E-state index is 10.6. The maximum Gasteiger partial charge on any atom is 0.269 e. The number of methoxy groups -OCH3 is 1. The summed E-state index contributed by atoms with van der Waals surface area (Å²) in [7, 11) is 1.61. The van der Waals surface area contributed by atoms with E-state index in [9.17, 15) is 10.1 Å². The summed E-state index contributed by atoms with van der Waals surface area (Å²) in [6, 6.07) is 14.1. The standard InChI is InChI=1S/C18H22N4O3/c1-25-17-7-4-6-15(13-17)21-18(19)20-12-3-2-5-14-8-10-16(11-9-14)22(23)24/h4,6-11,13H,2-3,5,12H2,1H3,(H3,19,20,21). The van der Waals surface area contributed by atoms with Crippen LogP contribution in [0.3, 0.4) is 0 Å². The molecule has 0 spiro atoms. The third-order valence-corrected chi connectivity index (χ3v) is 3.65. The predicted octanol–water partition coefficient (Wildman–Crippen LogP) is 3.35. The highest BCUT2D eigenvalue weighted by atomic mass is 16.6. The lowest BCUT2D eigenvalue weighted by Gasteiger charge is -2.07. The highest BCUT2D eigenvalue weighted by Gasteiger charge is 2.03. The van der Waals surface area contributed by atoms with E-state index < -0.39 is 4.92 Å². The normalized spacial score (nSPS) is 11.2. The van der Waals surface area contributed by atoms with E-state index in [1.165, 1.54) is 12.1 Å². The molecule has 7 heteroatoms. The van der Waals surface area contributed by atoms with E-state index in [0.29, 0.717) is 12.5 Å². The number of benzene rings is 2. The zero-order valence-electron chi connectivity index (χ0n) is 14.1. The minimum absolute atomic E-state index is 0.116. The van der Waals surface area contributed by atoms with Gasteiger partial charge < -0.3 is 15.8 Å². The van der Waals surface area contributed by atoms with Crippen LogP contribution in [0.1, 0.15) is 18.4 Å². The number of non-ortho nitro benzene ring substituents is 1. The Kier molecular flexibility index (Phi) is 6.76. The number of nitrogens with two attached hydrogens (primary N) is 1. The van der Waals surface area contributed by atoms with Gasteiger partial charge in [0.15, 0.2) is 5.96 Å². The molecule has 0 radical (unpaired) electrons. The first-order valence-corrected chi connectivity index (χ1v) is 8.03. The van der Waals surface area contributed by atoms with Crippen LogP contribution in [-0.4, -0.2) is 24.5 Å². The van der Waals surface area contributed by atoms with Crippen LogP contribution in [0.15, 0.2) is 53.5 Å². The molecule has 2 aromatic carbocycles. The van der Waals surface area contributed by atoms with Crippen LogP contribution in [0.2, 0.25) is 0 Å². The van der Waals surface area contributed by atoms with E-state index in [1.807, 2.05) is 24.3 Å². The Morgan fingerprint density at radius 2 is 2.00 bits per heavy atom. The Labute approximate surface area is 146 Å². The van der Waals surface area contributed by atoms with Gasteiger partial charge in [0, 0.05) is 30.4 Å². The predicted molar refractivity (Wildman–Crippen MR) is 99.1 cm³/mol. The molecule has 0 unspecified atom stereocenters. The molecule has 0 aromatic heterocycles. The number of aliphatic imine (C=N–C) groups is 1. The zero-order valence-corrected chi connectivity index (χ0v) is 14.1. The Balaban J connectivity index is 1.72. The van der Waals surface area contributed by atoms with Gasteiger partial charge in [-0.3, -0.25) is 15.1 Å². The first-order valence-electron chi connectivity index (χ1n) is 8.03. The Morgan fingerprint density at radius 1 is 1.24 bits per heavy atom. The number of nitrogens with zero attached hydrogens (tertiary/aromatic N) is 2. The minimum Gasteiger partial charge on any atom is -0.497 e. The number of rotatable bonds is 8. The van der Waals surface area contributed by atoms with Crippen LogP contribution in [0.5, 0.6) is 5.75 Å². The molecule has 0 saturated heterocycles. The third-order valence-electron chi connectivity index (χ3n) is 3.65. The van der Waals surface area contributed by atoms with Gasteiger partial charge in [0.2, 0.25) is 0 Å². The van der Waals surface area contributed by atoms with Gasteiger partial charge in [-0.2, -0.15) is 0 Å². The van der Waals surface area contributed by atoms with Gasteiger partial charge in [0.1, 0.15) is 5.75 Å². The third kappa shape index (κ3) is 6.14. The van der Waals surface area contributed by atoms with E-state index >= 15 is 0 Å². The molecular weight excluding hydrogens is 320 g/mol. The molecule has 3 N–H and O–H groups in total. The van der Waals surface area contributed by atoms with Gasteiger partial charge in [-0.05, 0) is 37.0 Å². The summed E-state index contributed by atoms with van der Waals surface area (Å²) in [4.78, 5) is 14.5. The fourth-order valence-electron chi connectivity index (χ4n) is 2.31. The van der Waals surface area contributed by atoms with E-state index in [4.69, 9.17) is 10.5 Å². The second-order valence-electron chi connectivity index (χ2n) is 5.50. The van der Waals surface area contributed by atoms with Crippen molar-refractivity contribution in [1.82, 2.24) is 0 Å². The summed E-state index contributed by atoms with van der Waals surface area (Å²) < 4.78 is 5.15. The van der Waals surface area contributed by atoms with Crippen molar-refractivity contribution in [2.24, 2.45) is 10.7 Å². The number of ether oxygens (including phenoxy) is 1. The van der Waals surface area contributed by atoms with Gasteiger partial charge in [0.25, 0.3) is 5.69 Å². The highest BCUT2D eigenvalue weighted by Crippen LogP contribution is 2.16. The van der Waals surface area contributed by atoms with Gasteiger partial charge in [-0.25, -0.2) is 0 Å². The lowest BCUT2D eigenvalue weighted by Crippen LogP contribution is -2.22. The second-order valence-corrected chi connectivity index (χ2v) is 5.50. The van der Waals surface area contributed by atoms with Crippen molar-refractivity contribution in [3.05, 3.63) is 64.2 Å². The maximum atomic E-state index is 10.6. The summed E-state index contributed by atoms with van der Waals surface area (Å²) in [5, 5.41) is 13.6. The summed E-state index contributed by atoms with van der Waals surface area (Å²) in [5.74, 6) is 1.12. The van der Waals surface area contributed by atoms with E-state index in [-0.39, 0.29) is 5.69 Å². The van der Waals surface area contributed by atoms with Gasteiger partial charge in [-0.15, -0.1) is 0 Å². The molecule has 0 saturated carbocycles. The highest BCUT2D eigenvalue weighted by molar-refractivity contribution is 5.92. The van der Waals surface area contributed by atoms with Crippen LogP contribution >= 0.6 is 0 Å². The monoisotopic (exact) mass is 342 g/mol. The van der Waals surface area contributed by atoms with Crippen molar-refractivity contribution in [1.29, 1.82) is 0 Å². The molecule has 0 heterocycles. The van der Waals surface area contributed by atoms with Gasteiger partial charge in [-0.1, -0.05) is 18.2 Å². The molecule has 2 rings (SSSR count). The van der Waals surface area contributed by atoms with E-state index in [1.54, 1.807) is 19.2 Å². The Hall–Kier alpha value is -3.09. The van der Waals surface area contributed by atoms with E-state index in [0.717, 1.165) is 36.3 Å². The summed E-state index contributed by atoms with van der Waals surface area (Å²) in [6.45, 7) is 0.621. The lowest BCUT2D eigenvalue weighted by molar-refractivity contribution is -0.384. The smallest absolute Gasteiger partial charge is 0.269 e. The molecule has 0 bridgehead atoms. The van der Waals surface area contributed by atoms with Gasteiger partial charge in [0.05, 0.1) is 12.0 Å². The molecule has 0 aliphatic heterocycles. The number of hydrogen-bond acceptors (Lipinski definition) is 4. The van der Waals surface area contributed by atoms with Crippen LogP contribution in [0.4, 0.5) is 11.4 Å². The molecule has 0 aliphatic carbocycles. The summed E-state index contributed by atoms with van der Waals surface area (Å²) >= 11 is 0. The minimum atomic E-state index is -0.392. The summed E-state index contributed by atoms with van der Waals surface area (Å²) in [5.41, 5.74) is 7.89.